The normalized spacial score (nSPS) is 10.3. The third-order valence-electron chi connectivity index (χ3n) is 2.99. The van der Waals surface area contributed by atoms with Gasteiger partial charge in [-0.25, -0.2) is 0 Å². The number of para-hydroxylation sites is 1. The number of benzene rings is 2. The van der Waals surface area contributed by atoms with Crippen LogP contribution < -0.4 is 4.31 Å². The van der Waals surface area contributed by atoms with E-state index < -0.39 is 0 Å². The first-order valence-electron chi connectivity index (χ1n) is 6.15. The summed E-state index contributed by atoms with van der Waals surface area (Å²) in [6, 6.07) is 14.1. The molecule has 0 aromatic heterocycles. The van der Waals surface area contributed by atoms with Crippen LogP contribution in [0.4, 0.5) is 5.69 Å². The zero-order chi connectivity index (χ0) is 13.8. The van der Waals surface area contributed by atoms with E-state index in [4.69, 9.17) is 0 Å². The fourth-order valence-corrected chi connectivity index (χ4v) is 2.99. The molecular formula is C16H17NOS. The molecule has 2 aromatic rings. The van der Waals surface area contributed by atoms with Crippen molar-refractivity contribution in [3.05, 3.63) is 59.2 Å². The highest BCUT2D eigenvalue weighted by molar-refractivity contribution is 8.00. The number of hydrogen-bond donors (Lipinski definition) is 0. The molecule has 0 unspecified atom stereocenters. The van der Waals surface area contributed by atoms with Gasteiger partial charge < -0.3 is 4.31 Å². The van der Waals surface area contributed by atoms with Gasteiger partial charge in [-0.2, -0.15) is 0 Å². The summed E-state index contributed by atoms with van der Waals surface area (Å²) in [6.45, 7) is 4.12. The summed E-state index contributed by atoms with van der Waals surface area (Å²) in [5.74, 6) is 0. The number of anilines is 1. The van der Waals surface area contributed by atoms with E-state index in [1.165, 1.54) is 5.56 Å². The number of rotatable bonds is 4. The first kappa shape index (κ1) is 13.7. The molecule has 0 aliphatic rings. The lowest BCUT2D eigenvalue weighted by molar-refractivity contribution is 0.112. The predicted molar refractivity (Wildman–Crippen MR) is 82.0 cm³/mol. The Bertz CT molecular complexity index is 595. The second-order valence-corrected chi connectivity index (χ2v) is 5.70. The third-order valence-corrected chi connectivity index (χ3v) is 4.01. The van der Waals surface area contributed by atoms with Crippen molar-refractivity contribution in [2.45, 2.75) is 18.7 Å². The lowest BCUT2D eigenvalue weighted by atomic mass is 10.2. The molecule has 0 fully saturated rings. The molecule has 0 aliphatic carbocycles. The quantitative estimate of drug-likeness (QED) is 0.612. The fraction of sp³-hybridized carbons (Fsp3) is 0.188. The molecule has 0 spiro atoms. The summed E-state index contributed by atoms with van der Waals surface area (Å²) in [7, 11) is 2.02. The Kier molecular flexibility index (Phi) is 4.27. The van der Waals surface area contributed by atoms with E-state index in [-0.39, 0.29) is 0 Å². The molecule has 2 rings (SSSR count). The van der Waals surface area contributed by atoms with Crippen molar-refractivity contribution in [1.29, 1.82) is 0 Å². The van der Waals surface area contributed by atoms with Crippen molar-refractivity contribution in [2.75, 3.05) is 11.4 Å². The van der Waals surface area contributed by atoms with Crippen LogP contribution in [0, 0.1) is 13.8 Å². The summed E-state index contributed by atoms with van der Waals surface area (Å²) in [5, 5.41) is 0. The molecule has 0 saturated carbocycles. The highest BCUT2D eigenvalue weighted by Crippen LogP contribution is 2.31. The maximum atomic E-state index is 11.1. The number of carbonyl (C=O) groups excluding carboxylic acids is 1. The smallest absolute Gasteiger partial charge is 0.151 e. The van der Waals surface area contributed by atoms with E-state index in [1.54, 1.807) is 11.9 Å². The summed E-state index contributed by atoms with van der Waals surface area (Å²) < 4.78 is 2.09. The first-order valence-corrected chi connectivity index (χ1v) is 6.92. The molecule has 98 valence electrons. The molecule has 3 heteroatoms. The average molecular weight is 271 g/mol. The van der Waals surface area contributed by atoms with Gasteiger partial charge in [0.2, 0.25) is 0 Å². The van der Waals surface area contributed by atoms with E-state index in [0.29, 0.717) is 0 Å². The SMILES string of the molecule is Cc1ccc(C=O)c(SN(C)c2ccccc2C)c1. The molecule has 2 aromatic carbocycles. The zero-order valence-corrected chi connectivity index (χ0v) is 12.2. The average Bonchev–Trinajstić information content (AvgIpc) is 2.39. The fourth-order valence-electron chi connectivity index (χ4n) is 1.93. The molecule has 0 bridgehead atoms. The maximum absolute atomic E-state index is 11.1. The number of carbonyl (C=O) groups is 1. The molecular weight excluding hydrogens is 254 g/mol. The van der Waals surface area contributed by atoms with Gasteiger partial charge in [-0.05, 0) is 49.1 Å². The van der Waals surface area contributed by atoms with Crippen molar-refractivity contribution in [2.24, 2.45) is 0 Å². The van der Waals surface area contributed by atoms with Gasteiger partial charge in [-0.15, -0.1) is 0 Å². The Morgan fingerprint density at radius 1 is 1.11 bits per heavy atom. The van der Waals surface area contributed by atoms with Gasteiger partial charge in [0.05, 0.1) is 0 Å². The number of hydrogen-bond acceptors (Lipinski definition) is 3. The molecule has 19 heavy (non-hydrogen) atoms. The zero-order valence-electron chi connectivity index (χ0n) is 11.4. The van der Waals surface area contributed by atoms with Crippen LogP contribution in [0.5, 0.6) is 0 Å². The number of nitrogens with zero attached hydrogens (tertiary/aromatic N) is 1. The Morgan fingerprint density at radius 2 is 1.84 bits per heavy atom. The van der Waals surface area contributed by atoms with Gasteiger partial charge in [-0.1, -0.05) is 30.3 Å². The largest absolute Gasteiger partial charge is 0.315 e. The maximum Gasteiger partial charge on any atom is 0.151 e. The van der Waals surface area contributed by atoms with E-state index in [2.05, 4.69) is 23.4 Å². The molecule has 0 aliphatic heterocycles. The summed E-state index contributed by atoms with van der Waals surface area (Å²) in [6.07, 6.45) is 0.910. The lowest BCUT2D eigenvalue weighted by Crippen LogP contribution is -2.08. The Hall–Kier alpha value is -1.74. The molecule has 0 saturated heterocycles. The highest BCUT2D eigenvalue weighted by Gasteiger charge is 2.09. The second-order valence-electron chi connectivity index (χ2n) is 4.53. The van der Waals surface area contributed by atoms with Crippen molar-refractivity contribution < 1.29 is 4.79 Å². The minimum atomic E-state index is 0.732. The predicted octanol–water partition coefficient (Wildman–Crippen LogP) is 4.26. The van der Waals surface area contributed by atoms with Gasteiger partial charge in [0, 0.05) is 23.2 Å². The Labute approximate surface area is 118 Å². The van der Waals surface area contributed by atoms with E-state index in [0.717, 1.165) is 28.0 Å². The molecule has 0 atom stereocenters. The number of aryl methyl sites for hydroxylation is 2. The van der Waals surface area contributed by atoms with E-state index in [9.17, 15) is 4.79 Å². The first-order chi connectivity index (χ1) is 9.11. The summed E-state index contributed by atoms with van der Waals surface area (Å²) >= 11 is 1.58. The molecule has 0 amide bonds. The minimum absolute atomic E-state index is 0.732. The van der Waals surface area contributed by atoms with Crippen LogP contribution in [0.15, 0.2) is 47.4 Å². The number of aldehydes is 1. The van der Waals surface area contributed by atoms with Crippen molar-refractivity contribution >= 4 is 23.9 Å². The van der Waals surface area contributed by atoms with Crippen LogP contribution in [0.1, 0.15) is 21.5 Å². The van der Waals surface area contributed by atoms with Crippen molar-refractivity contribution in [3.63, 3.8) is 0 Å². The van der Waals surface area contributed by atoms with Gasteiger partial charge in [0.15, 0.2) is 6.29 Å². The van der Waals surface area contributed by atoms with E-state index in [1.807, 2.05) is 44.3 Å². The summed E-state index contributed by atoms with van der Waals surface area (Å²) in [5.41, 5.74) is 4.27. The van der Waals surface area contributed by atoms with Crippen molar-refractivity contribution in [1.82, 2.24) is 0 Å². The minimum Gasteiger partial charge on any atom is -0.315 e. The van der Waals surface area contributed by atoms with Gasteiger partial charge in [0.1, 0.15) is 0 Å². The van der Waals surface area contributed by atoms with Crippen LogP contribution in [0.3, 0.4) is 0 Å². The molecule has 0 N–H and O–H groups in total. The highest BCUT2D eigenvalue weighted by atomic mass is 32.2. The molecule has 2 nitrogen and oxygen atoms in total. The topological polar surface area (TPSA) is 20.3 Å². The van der Waals surface area contributed by atoms with Gasteiger partial charge >= 0.3 is 0 Å². The Balaban J connectivity index is 2.28. The molecule has 0 radical (unpaired) electrons. The summed E-state index contributed by atoms with van der Waals surface area (Å²) in [4.78, 5) is 12.1. The third kappa shape index (κ3) is 3.18. The second kappa shape index (κ2) is 5.93. The standard InChI is InChI=1S/C16H17NOS/c1-12-8-9-14(11-18)16(10-12)19-17(3)15-7-5-4-6-13(15)2/h4-11H,1-3H3. The van der Waals surface area contributed by atoms with Gasteiger partial charge in [0.25, 0.3) is 0 Å². The monoisotopic (exact) mass is 271 g/mol. The van der Waals surface area contributed by atoms with Crippen LogP contribution in [-0.2, 0) is 0 Å². The van der Waals surface area contributed by atoms with Crippen LogP contribution in [-0.4, -0.2) is 13.3 Å². The Morgan fingerprint density at radius 3 is 2.53 bits per heavy atom. The van der Waals surface area contributed by atoms with Gasteiger partial charge in [-0.3, -0.25) is 4.79 Å². The van der Waals surface area contributed by atoms with Crippen LogP contribution in [0.25, 0.3) is 0 Å². The lowest BCUT2D eigenvalue weighted by Gasteiger charge is -2.20. The van der Waals surface area contributed by atoms with Crippen LogP contribution >= 0.6 is 11.9 Å². The van der Waals surface area contributed by atoms with E-state index >= 15 is 0 Å². The van der Waals surface area contributed by atoms with Crippen LogP contribution in [0.2, 0.25) is 0 Å². The molecule has 0 heterocycles. The van der Waals surface area contributed by atoms with Crippen molar-refractivity contribution in [3.8, 4) is 0 Å².